The molecule has 1 aromatic heterocycles. The molecule has 3 N–H and O–H groups in total. The van der Waals surface area contributed by atoms with Crippen molar-refractivity contribution in [3.63, 3.8) is 0 Å². The number of aromatic nitrogens is 2. The number of hydrazone groups is 1. The minimum atomic E-state index is -0.966. The van der Waals surface area contributed by atoms with Gasteiger partial charge < -0.3 is 24.5 Å². The van der Waals surface area contributed by atoms with E-state index in [9.17, 15) is 9.59 Å². The Kier molecular flexibility index (Phi) is 9.85. The van der Waals surface area contributed by atoms with E-state index in [-0.39, 0.29) is 19.6 Å². The van der Waals surface area contributed by atoms with Gasteiger partial charge in [0.15, 0.2) is 18.1 Å². The first kappa shape index (κ1) is 25.8. The molecule has 3 aromatic rings. The highest BCUT2D eigenvalue weighted by Gasteiger charge is 2.22. The molecule has 0 saturated carbocycles. The number of hydrogen-bond acceptors (Lipinski definition) is 8. The Balaban J connectivity index is 1.62. The lowest BCUT2D eigenvalue weighted by Crippen LogP contribution is -2.47. The Morgan fingerprint density at radius 3 is 2.75 bits per heavy atom. The summed E-state index contributed by atoms with van der Waals surface area (Å²) in [5.74, 6) is 0.330. The second kappa shape index (κ2) is 13.8. The largest absolute Gasteiger partial charge is 0.490 e. The molecule has 0 unspecified atom stereocenters. The standard InChI is InChI=1S/C25H26N6O5/c1-2-34-23-12-19(8-9-22(23)35-11-10-26)14-29-31-24(32)21(13-20-15-27-17-28-20)30-25(33)36-16-18-6-4-3-5-7-18/h3-9,12,14-15,17,21H,2,11,13,16H2,1H3,(H,27,28)(H,30,33)(H,31,32)/b29-14-/t21-/m1/s1. The van der Waals surface area contributed by atoms with Crippen molar-refractivity contribution in [2.45, 2.75) is 26.0 Å². The van der Waals surface area contributed by atoms with Gasteiger partial charge in [-0.2, -0.15) is 10.4 Å². The summed E-state index contributed by atoms with van der Waals surface area (Å²) in [6.07, 6.45) is 3.88. The number of rotatable bonds is 12. The van der Waals surface area contributed by atoms with Crippen LogP contribution in [0, 0.1) is 11.3 Å². The topological polar surface area (TPSA) is 151 Å². The van der Waals surface area contributed by atoms with Crippen LogP contribution in [0.2, 0.25) is 0 Å². The number of benzene rings is 2. The lowest BCUT2D eigenvalue weighted by atomic mass is 10.1. The van der Waals surface area contributed by atoms with Crippen molar-refractivity contribution in [1.82, 2.24) is 20.7 Å². The zero-order chi connectivity index (χ0) is 25.6. The van der Waals surface area contributed by atoms with Crippen molar-refractivity contribution in [2.75, 3.05) is 13.2 Å². The lowest BCUT2D eigenvalue weighted by molar-refractivity contribution is -0.123. The first-order valence-electron chi connectivity index (χ1n) is 11.1. The van der Waals surface area contributed by atoms with Crippen LogP contribution < -0.4 is 20.2 Å². The zero-order valence-electron chi connectivity index (χ0n) is 19.6. The van der Waals surface area contributed by atoms with E-state index in [0.29, 0.717) is 29.4 Å². The number of alkyl carbamates (subject to hydrolysis) is 1. The molecule has 11 nitrogen and oxygen atoms in total. The van der Waals surface area contributed by atoms with Crippen molar-refractivity contribution in [3.8, 4) is 17.6 Å². The molecule has 0 saturated heterocycles. The van der Waals surface area contributed by atoms with E-state index in [1.165, 1.54) is 12.5 Å². The average Bonchev–Trinajstić information content (AvgIpc) is 3.40. The van der Waals surface area contributed by atoms with E-state index in [4.69, 9.17) is 19.5 Å². The molecule has 11 heteroatoms. The SMILES string of the molecule is CCOc1cc(/C=N\NC(=O)[C@@H](Cc2cnc[nH]2)NC(=O)OCc2ccccc2)ccc1OCC#N. The van der Waals surface area contributed by atoms with Crippen LogP contribution in [-0.4, -0.2) is 47.4 Å². The molecule has 2 aromatic carbocycles. The summed E-state index contributed by atoms with van der Waals surface area (Å²) in [4.78, 5) is 32.0. The highest BCUT2D eigenvalue weighted by molar-refractivity contribution is 5.87. The summed E-state index contributed by atoms with van der Waals surface area (Å²) in [6.45, 7) is 2.19. The number of H-pyrrole nitrogens is 1. The first-order chi connectivity index (χ1) is 17.6. The molecule has 36 heavy (non-hydrogen) atoms. The van der Waals surface area contributed by atoms with Crippen molar-refractivity contribution in [3.05, 3.63) is 77.9 Å². The van der Waals surface area contributed by atoms with Crippen LogP contribution in [0.5, 0.6) is 11.5 Å². The molecular weight excluding hydrogens is 464 g/mol. The monoisotopic (exact) mass is 490 g/mol. The van der Waals surface area contributed by atoms with E-state index >= 15 is 0 Å². The van der Waals surface area contributed by atoms with Gasteiger partial charge in [-0.3, -0.25) is 4.79 Å². The van der Waals surface area contributed by atoms with E-state index in [2.05, 4.69) is 25.8 Å². The zero-order valence-corrected chi connectivity index (χ0v) is 19.6. The van der Waals surface area contributed by atoms with Gasteiger partial charge in [0.1, 0.15) is 18.7 Å². The van der Waals surface area contributed by atoms with Gasteiger partial charge in [0, 0.05) is 18.3 Å². The summed E-state index contributed by atoms with van der Waals surface area (Å²) in [7, 11) is 0. The van der Waals surface area contributed by atoms with E-state index < -0.39 is 18.0 Å². The van der Waals surface area contributed by atoms with Gasteiger partial charge in [0.25, 0.3) is 5.91 Å². The van der Waals surface area contributed by atoms with E-state index in [1.54, 1.807) is 24.4 Å². The molecule has 1 heterocycles. The number of ether oxygens (including phenoxy) is 3. The fourth-order valence-corrected chi connectivity index (χ4v) is 3.08. The number of amides is 2. The average molecular weight is 491 g/mol. The van der Waals surface area contributed by atoms with Gasteiger partial charge in [0.05, 0.1) is 19.1 Å². The predicted octanol–water partition coefficient (Wildman–Crippen LogP) is 2.70. The Hall–Kier alpha value is -4.85. The molecule has 0 aliphatic rings. The van der Waals surface area contributed by atoms with Crippen molar-refractivity contribution >= 4 is 18.2 Å². The fourth-order valence-electron chi connectivity index (χ4n) is 3.08. The molecule has 1 atom stereocenters. The normalized spacial score (nSPS) is 11.3. The van der Waals surface area contributed by atoms with Crippen LogP contribution in [-0.2, 0) is 22.6 Å². The third kappa shape index (κ3) is 8.18. The van der Waals surface area contributed by atoms with Crippen LogP contribution in [0.4, 0.5) is 4.79 Å². The van der Waals surface area contributed by atoms with Gasteiger partial charge >= 0.3 is 6.09 Å². The maximum absolute atomic E-state index is 12.8. The Morgan fingerprint density at radius 2 is 2.03 bits per heavy atom. The van der Waals surface area contributed by atoms with Gasteiger partial charge in [-0.1, -0.05) is 30.3 Å². The first-order valence-corrected chi connectivity index (χ1v) is 11.1. The van der Waals surface area contributed by atoms with Gasteiger partial charge in [-0.15, -0.1) is 0 Å². The molecule has 0 bridgehead atoms. The van der Waals surface area contributed by atoms with Crippen molar-refractivity contribution in [2.24, 2.45) is 5.10 Å². The Morgan fingerprint density at radius 1 is 1.19 bits per heavy atom. The molecule has 186 valence electrons. The van der Waals surface area contributed by atoms with Crippen LogP contribution in [0.25, 0.3) is 0 Å². The third-order valence-electron chi connectivity index (χ3n) is 4.75. The number of carbonyl (C=O) groups excluding carboxylic acids is 2. The highest BCUT2D eigenvalue weighted by Crippen LogP contribution is 2.28. The van der Waals surface area contributed by atoms with Gasteiger partial charge in [0.2, 0.25) is 0 Å². The van der Waals surface area contributed by atoms with Crippen LogP contribution in [0.15, 0.2) is 66.2 Å². The fraction of sp³-hybridized carbons (Fsp3) is 0.240. The van der Waals surface area contributed by atoms with Crippen LogP contribution in [0.1, 0.15) is 23.7 Å². The molecule has 0 radical (unpaired) electrons. The molecule has 0 aliphatic carbocycles. The molecule has 3 rings (SSSR count). The Bertz CT molecular complexity index is 1190. The summed E-state index contributed by atoms with van der Waals surface area (Å²) in [5.41, 5.74) is 4.53. The minimum Gasteiger partial charge on any atom is -0.490 e. The number of aromatic amines is 1. The quantitative estimate of drug-likeness (QED) is 0.261. The molecule has 0 fully saturated rings. The van der Waals surface area contributed by atoms with E-state index in [1.807, 2.05) is 43.3 Å². The van der Waals surface area contributed by atoms with Crippen molar-refractivity contribution in [1.29, 1.82) is 5.26 Å². The summed E-state index contributed by atoms with van der Waals surface area (Å²) >= 11 is 0. The number of hydrogen-bond donors (Lipinski definition) is 3. The lowest BCUT2D eigenvalue weighted by Gasteiger charge is -2.16. The van der Waals surface area contributed by atoms with E-state index in [0.717, 1.165) is 5.56 Å². The maximum atomic E-state index is 12.8. The summed E-state index contributed by atoms with van der Waals surface area (Å²) < 4.78 is 16.1. The smallest absolute Gasteiger partial charge is 0.408 e. The number of nitrogens with one attached hydrogen (secondary N) is 3. The van der Waals surface area contributed by atoms with Gasteiger partial charge in [-0.25, -0.2) is 15.2 Å². The molecule has 0 spiro atoms. The highest BCUT2D eigenvalue weighted by atomic mass is 16.5. The number of nitriles is 1. The second-order valence-electron chi connectivity index (χ2n) is 7.36. The van der Waals surface area contributed by atoms with Gasteiger partial charge in [-0.05, 0) is 36.2 Å². The third-order valence-corrected chi connectivity index (χ3v) is 4.75. The number of imidazole rings is 1. The molecule has 2 amide bonds. The van der Waals surface area contributed by atoms with Crippen LogP contribution >= 0.6 is 0 Å². The minimum absolute atomic E-state index is 0.0689. The summed E-state index contributed by atoms with van der Waals surface area (Å²) in [6, 6.07) is 15.2. The Labute approximate surface area is 208 Å². The summed E-state index contributed by atoms with van der Waals surface area (Å²) in [5, 5.41) is 15.3. The molecular formula is C25H26N6O5. The predicted molar refractivity (Wildman–Crippen MR) is 130 cm³/mol. The van der Waals surface area contributed by atoms with Crippen LogP contribution in [0.3, 0.4) is 0 Å². The van der Waals surface area contributed by atoms with Crippen molar-refractivity contribution < 1.29 is 23.8 Å². The second-order valence-corrected chi connectivity index (χ2v) is 7.36. The molecule has 0 aliphatic heterocycles. The maximum Gasteiger partial charge on any atom is 0.408 e. The number of carbonyl (C=O) groups is 2. The number of nitrogens with zero attached hydrogens (tertiary/aromatic N) is 3.